The van der Waals surface area contributed by atoms with Crippen molar-refractivity contribution in [2.45, 2.75) is 32.3 Å². The molecule has 0 aromatic rings. The minimum Gasteiger partial charge on any atom is -0.389 e. The fraction of sp³-hybridized carbons (Fsp3) is 1.00. The van der Waals surface area contributed by atoms with Crippen LogP contribution in [0.2, 0.25) is 0 Å². The Bertz CT molecular complexity index is 92.1. The van der Waals surface area contributed by atoms with Crippen LogP contribution in [-0.4, -0.2) is 36.2 Å². The molecule has 2 nitrogen and oxygen atoms in total. The Morgan fingerprint density at radius 2 is 1.55 bits per heavy atom. The van der Waals surface area contributed by atoms with Gasteiger partial charge in [0.1, 0.15) is 0 Å². The van der Waals surface area contributed by atoms with Crippen molar-refractivity contribution in [1.29, 1.82) is 0 Å². The molecule has 0 spiro atoms. The van der Waals surface area contributed by atoms with E-state index in [1.165, 1.54) is 0 Å². The largest absolute Gasteiger partial charge is 0.389 e. The summed E-state index contributed by atoms with van der Waals surface area (Å²) in [5.74, 6) is 0. The predicted octanol–water partition coefficient (Wildman–Crippen LogP) is 1.10. The predicted molar refractivity (Wildman–Crippen MR) is 44.1 cm³/mol. The average molecular weight is 324 g/mol. The normalized spacial score (nSPS) is 11.5. The summed E-state index contributed by atoms with van der Waals surface area (Å²) in [4.78, 5) is 2.02. The second-order valence-electron chi connectivity index (χ2n) is 3.17. The Morgan fingerprint density at radius 3 is 1.64 bits per heavy atom. The van der Waals surface area contributed by atoms with E-state index in [2.05, 4.69) is 0 Å². The van der Waals surface area contributed by atoms with E-state index in [4.69, 9.17) is 0 Å². The van der Waals surface area contributed by atoms with E-state index >= 15 is 0 Å². The van der Waals surface area contributed by atoms with Crippen LogP contribution in [0.4, 0.5) is 0 Å². The summed E-state index contributed by atoms with van der Waals surface area (Å²) >= 11 is 0. The van der Waals surface area contributed by atoms with E-state index in [0.717, 1.165) is 19.4 Å². The number of aliphatic hydroxyl groups is 1. The van der Waals surface area contributed by atoms with Gasteiger partial charge in [0.05, 0.1) is 5.60 Å². The Kier molecular flexibility index (Phi) is 8.23. The molecule has 0 aliphatic carbocycles. The summed E-state index contributed by atoms with van der Waals surface area (Å²) < 4.78 is 0. The topological polar surface area (TPSA) is 23.5 Å². The van der Waals surface area contributed by atoms with Gasteiger partial charge in [0.25, 0.3) is 0 Å². The van der Waals surface area contributed by atoms with E-state index in [1.807, 2.05) is 32.8 Å². The van der Waals surface area contributed by atoms with E-state index in [-0.39, 0.29) is 25.8 Å². The van der Waals surface area contributed by atoms with Crippen molar-refractivity contribution in [2.75, 3.05) is 20.6 Å². The van der Waals surface area contributed by atoms with Gasteiger partial charge >= 0.3 is 0 Å². The van der Waals surface area contributed by atoms with Gasteiger partial charge in [0, 0.05) is 32.4 Å². The first-order valence-electron chi connectivity index (χ1n) is 3.91. The maximum atomic E-state index is 9.76. The zero-order valence-corrected chi connectivity index (χ0v) is 11.6. The quantitative estimate of drug-likeness (QED) is 0.783. The van der Waals surface area contributed by atoms with Gasteiger partial charge in [-0.1, -0.05) is 13.8 Å². The van der Waals surface area contributed by atoms with Gasteiger partial charge in [-0.25, -0.2) is 0 Å². The van der Waals surface area contributed by atoms with Crippen molar-refractivity contribution in [3.05, 3.63) is 0 Å². The molecule has 0 saturated carbocycles. The smallest absolute Gasteiger partial charge is 0.0768 e. The molecule has 0 rings (SSSR count). The zero-order valence-electron chi connectivity index (χ0n) is 8.02. The summed E-state index contributed by atoms with van der Waals surface area (Å²) in [6.07, 6.45) is 1.67. The Balaban J connectivity index is 0. The molecule has 0 amide bonds. The first-order valence-corrected chi connectivity index (χ1v) is 3.91. The molecule has 0 aliphatic rings. The number of nitrogens with zero attached hydrogens (tertiary/aromatic N) is 1. The van der Waals surface area contributed by atoms with Crippen molar-refractivity contribution in [1.82, 2.24) is 4.90 Å². The third-order valence-corrected chi connectivity index (χ3v) is 1.93. The molecule has 0 atom stereocenters. The molecule has 0 fully saturated rings. The SMILES string of the molecule is CCC(O)(CC)CN(C)C.[Hf]. The van der Waals surface area contributed by atoms with Gasteiger partial charge in [-0.3, -0.25) is 0 Å². The summed E-state index contributed by atoms with van der Waals surface area (Å²) in [6, 6.07) is 0. The maximum Gasteiger partial charge on any atom is 0.0768 e. The molecule has 0 aliphatic heterocycles. The number of likely N-dealkylation sites (N-methyl/N-ethyl adjacent to an activating group) is 1. The third-order valence-electron chi connectivity index (χ3n) is 1.93. The molecule has 0 unspecified atom stereocenters. The Morgan fingerprint density at radius 1 is 1.18 bits per heavy atom. The van der Waals surface area contributed by atoms with Crippen molar-refractivity contribution >= 4 is 0 Å². The summed E-state index contributed by atoms with van der Waals surface area (Å²) in [5, 5.41) is 9.76. The number of hydrogen-bond acceptors (Lipinski definition) is 2. The third kappa shape index (κ3) is 6.00. The molecule has 11 heavy (non-hydrogen) atoms. The van der Waals surface area contributed by atoms with Crippen LogP contribution < -0.4 is 0 Å². The molecule has 1 N–H and O–H groups in total. The van der Waals surface area contributed by atoms with Gasteiger partial charge in [-0.2, -0.15) is 0 Å². The average Bonchev–Trinajstić information content (AvgIpc) is 1.87. The van der Waals surface area contributed by atoms with Crippen LogP contribution in [0.25, 0.3) is 0 Å². The fourth-order valence-corrected chi connectivity index (χ4v) is 1.06. The Labute approximate surface area is 88.8 Å². The minimum atomic E-state index is -0.469. The monoisotopic (exact) mass is 325 g/mol. The van der Waals surface area contributed by atoms with Gasteiger partial charge < -0.3 is 10.0 Å². The number of hydrogen-bond donors (Lipinski definition) is 1. The molecule has 66 valence electrons. The molecule has 0 heterocycles. The van der Waals surface area contributed by atoms with Gasteiger partial charge in [-0.15, -0.1) is 0 Å². The molecule has 0 radical (unpaired) electrons. The second-order valence-corrected chi connectivity index (χ2v) is 3.17. The van der Waals surface area contributed by atoms with Gasteiger partial charge in [0.15, 0.2) is 0 Å². The van der Waals surface area contributed by atoms with Crippen LogP contribution in [0, 0.1) is 0 Å². The van der Waals surface area contributed by atoms with E-state index < -0.39 is 5.60 Å². The molecule has 0 aromatic heterocycles. The van der Waals surface area contributed by atoms with Crippen LogP contribution in [0.1, 0.15) is 26.7 Å². The van der Waals surface area contributed by atoms with E-state index in [9.17, 15) is 5.11 Å². The van der Waals surface area contributed by atoms with Crippen LogP contribution in [0.5, 0.6) is 0 Å². The van der Waals surface area contributed by atoms with Crippen molar-refractivity contribution in [3.8, 4) is 0 Å². The van der Waals surface area contributed by atoms with Crippen LogP contribution >= 0.6 is 0 Å². The minimum absolute atomic E-state index is 0. The van der Waals surface area contributed by atoms with E-state index in [0.29, 0.717) is 0 Å². The van der Waals surface area contributed by atoms with Gasteiger partial charge in [0.2, 0.25) is 0 Å². The van der Waals surface area contributed by atoms with Gasteiger partial charge in [-0.05, 0) is 26.9 Å². The Hall–Kier alpha value is 0.790. The molecular weight excluding hydrogens is 305 g/mol. The molecule has 3 heteroatoms. The van der Waals surface area contributed by atoms with Crippen LogP contribution in [0.15, 0.2) is 0 Å². The molecule has 0 aromatic carbocycles. The standard InChI is InChI=1S/C8H19NO.Hf/c1-5-8(10,6-2)7-9(3)4;/h10H,5-7H2,1-4H3;. The van der Waals surface area contributed by atoms with Crippen molar-refractivity contribution in [3.63, 3.8) is 0 Å². The maximum absolute atomic E-state index is 9.76. The first kappa shape index (κ1) is 14.3. The fourth-order valence-electron chi connectivity index (χ4n) is 1.06. The molecular formula is C8H19HfNO. The summed E-state index contributed by atoms with van der Waals surface area (Å²) in [5.41, 5.74) is -0.469. The van der Waals surface area contributed by atoms with Crippen LogP contribution in [0.3, 0.4) is 0 Å². The van der Waals surface area contributed by atoms with Crippen LogP contribution in [-0.2, 0) is 25.8 Å². The molecule has 0 saturated heterocycles. The number of rotatable bonds is 4. The zero-order chi connectivity index (χ0) is 8.20. The molecule has 0 bridgehead atoms. The second kappa shape index (κ2) is 6.32. The van der Waals surface area contributed by atoms with Crippen molar-refractivity contribution < 1.29 is 30.9 Å². The summed E-state index contributed by atoms with van der Waals surface area (Å²) in [6.45, 7) is 4.81. The van der Waals surface area contributed by atoms with E-state index in [1.54, 1.807) is 0 Å². The summed E-state index contributed by atoms with van der Waals surface area (Å²) in [7, 11) is 3.96. The first-order chi connectivity index (χ1) is 4.54. The van der Waals surface area contributed by atoms with Crippen molar-refractivity contribution in [2.24, 2.45) is 0 Å².